The van der Waals surface area contributed by atoms with Crippen LogP contribution in [-0.4, -0.2) is 33.5 Å². The molecule has 1 N–H and O–H groups in total. The second-order valence-electron chi connectivity index (χ2n) is 6.59. The smallest absolute Gasteiger partial charge is 0.275 e. The minimum Gasteiger partial charge on any atom is -0.497 e. The predicted molar refractivity (Wildman–Crippen MR) is 126 cm³/mol. The molecule has 0 aliphatic carbocycles. The monoisotopic (exact) mass is 498 g/mol. The number of nitrogens with zero attached hydrogens (tertiary/aromatic N) is 1. The maximum atomic E-state index is 12.4. The molecule has 0 spiro atoms. The topological polar surface area (TPSA) is 78.4 Å². The Hall–Kier alpha value is -3.52. The summed E-state index contributed by atoms with van der Waals surface area (Å²) in [6.07, 6.45) is 1.52. The van der Waals surface area contributed by atoms with E-state index in [9.17, 15) is 4.79 Å². The summed E-state index contributed by atoms with van der Waals surface area (Å²) in [6.45, 7) is 0.414. The highest BCUT2D eigenvalue weighted by atomic mass is 79.9. The van der Waals surface area contributed by atoms with E-state index >= 15 is 0 Å². The molecule has 0 unspecified atom stereocenters. The van der Waals surface area contributed by atoms with Crippen molar-refractivity contribution in [3.8, 4) is 23.0 Å². The molecule has 0 radical (unpaired) electrons. The second-order valence-corrected chi connectivity index (χ2v) is 7.51. The van der Waals surface area contributed by atoms with E-state index in [1.54, 1.807) is 44.6 Å². The van der Waals surface area contributed by atoms with Gasteiger partial charge in [-0.3, -0.25) is 4.79 Å². The number of hydrazone groups is 1. The molecule has 0 bridgehead atoms. The zero-order chi connectivity index (χ0) is 22.9. The second kappa shape index (κ2) is 11.2. The molecule has 0 aliphatic rings. The van der Waals surface area contributed by atoms with Crippen LogP contribution in [0.15, 0.2) is 70.2 Å². The van der Waals surface area contributed by atoms with Gasteiger partial charge in [-0.1, -0.05) is 28.1 Å². The lowest BCUT2D eigenvalue weighted by molar-refractivity contribution is 0.0952. The molecule has 8 heteroatoms. The van der Waals surface area contributed by atoms with Gasteiger partial charge in [0.15, 0.2) is 11.5 Å². The summed E-state index contributed by atoms with van der Waals surface area (Å²) >= 11 is 3.42. The number of halogens is 1. The average molecular weight is 499 g/mol. The Morgan fingerprint density at radius 2 is 1.66 bits per heavy atom. The van der Waals surface area contributed by atoms with Crippen LogP contribution in [0.25, 0.3) is 0 Å². The number of methoxy groups -OCH3 is 3. The molecule has 0 aromatic heterocycles. The highest BCUT2D eigenvalue weighted by molar-refractivity contribution is 9.10. The number of carbonyl (C=O) groups is 1. The fraction of sp³-hybridized carbons (Fsp3) is 0.167. The Bertz CT molecular complexity index is 1100. The first-order valence-electron chi connectivity index (χ1n) is 9.64. The van der Waals surface area contributed by atoms with Crippen molar-refractivity contribution < 1.29 is 23.7 Å². The Balaban J connectivity index is 1.64. The molecule has 0 heterocycles. The standard InChI is InChI=1S/C24H23BrN2O5/c1-29-19-9-10-20(22(13-19)30-2)24(28)27-26-14-17-6-11-21(23(12-17)31-3)32-15-16-4-7-18(25)8-5-16/h4-14H,15H2,1-3H3,(H,27,28)/b26-14-. The van der Waals surface area contributed by atoms with Gasteiger partial charge in [0.1, 0.15) is 18.1 Å². The Morgan fingerprint density at radius 1 is 0.906 bits per heavy atom. The van der Waals surface area contributed by atoms with Crippen LogP contribution in [-0.2, 0) is 6.61 Å². The van der Waals surface area contributed by atoms with Gasteiger partial charge in [-0.2, -0.15) is 5.10 Å². The van der Waals surface area contributed by atoms with Crippen LogP contribution in [0, 0.1) is 0 Å². The summed E-state index contributed by atoms with van der Waals surface area (Å²) in [5, 5.41) is 4.03. The quantitative estimate of drug-likeness (QED) is 0.338. The molecule has 0 aliphatic heterocycles. The molecule has 3 aromatic rings. The maximum absolute atomic E-state index is 12.4. The molecule has 0 saturated heterocycles. The number of ether oxygens (including phenoxy) is 4. The third-order valence-electron chi connectivity index (χ3n) is 4.53. The third-order valence-corrected chi connectivity index (χ3v) is 5.06. The summed E-state index contributed by atoms with van der Waals surface area (Å²) in [5.74, 6) is 1.76. The van der Waals surface area contributed by atoms with Gasteiger partial charge < -0.3 is 18.9 Å². The fourth-order valence-electron chi connectivity index (χ4n) is 2.84. The first-order valence-corrected chi connectivity index (χ1v) is 10.4. The summed E-state index contributed by atoms with van der Waals surface area (Å²) in [5.41, 5.74) is 4.62. The normalized spacial score (nSPS) is 10.6. The third kappa shape index (κ3) is 6.01. The maximum Gasteiger partial charge on any atom is 0.275 e. The van der Waals surface area contributed by atoms with Crippen molar-refractivity contribution in [2.75, 3.05) is 21.3 Å². The number of nitrogens with one attached hydrogen (secondary N) is 1. The van der Waals surface area contributed by atoms with E-state index in [1.807, 2.05) is 30.3 Å². The van der Waals surface area contributed by atoms with Crippen molar-refractivity contribution in [1.82, 2.24) is 5.43 Å². The molecule has 3 rings (SSSR count). The van der Waals surface area contributed by atoms with Gasteiger partial charge in [-0.05, 0) is 53.6 Å². The van der Waals surface area contributed by atoms with Gasteiger partial charge in [-0.15, -0.1) is 0 Å². The van der Waals surface area contributed by atoms with E-state index < -0.39 is 5.91 Å². The zero-order valence-corrected chi connectivity index (χ0v) is 19.5. The van der Waals surface area contributed by atoms with Crippen LogP contribution in [0.3, 0.4) is 0 Å². The van der Waals surface area contributed by atoms with Crippen LogP contribution in [0.1, 0.15) is 21.5 Å². The molecule has 1 amide bonds. The first kappa shape index (κ1) is 23.1. The van der Waals surface area contributed by atoms with Crippen LogP contribution >= 0.6 is 15.9 Å². The number of amides is 1. The lowest BCUT2D eigenvalue weighted by Gasteiger charge is -2.11. The Kier molecular flexibility index (Phi) is 8.10. The van der Waals surface area contributed by atoms with Crippen LogP contribution in [0.5, 0.6) is 23.0 Å². The molecule has 0 atom stereocenters. The fourth-order valence-corrected chi connectivity index (χ4v) is 3.10. The molecule has 0 fully saturated rings. The van der Waals surface area contributed by atoms with Crippen LogP contribution in [0.4, 0.5) is 0 Å². The molecular formula is C24H23BrN2O5. The minimum atomic E-state index is -0.401. The number of hydrogen-bond acceptors (Lipinski definition) is 6. The van der Waals surface area contributed by atoms with Crippen molar-refractivity contribution in [2.24, 2.45) is 5.10 Å². The van der Waals surface area contributed by atoms with Gasteiger partial charge in [-0.25, -0.2) is 5.43 Å². The van der Waals surface area contributed by atoms with E-state index in [0.717, 1.165) is 15.6 Å². The number of hydrogen-bond donors (Lipinski definition) is 1. The van der Waals surface area contributed by atoms with E-state index in [0.29, 0.717) is 35.2 Å². The zero-order valence-electron chi connectivity index (χ0n) is 17.9. The molecule has 32 heavy (non-hydrogen) atoms. The highest BCUT2D eigenvalue weighted by Crippen LogP contribution is 2.28. The Labute approximate surface area is 195 Å². The van der Waals surface area contributed by atoms with Crippen LogP contribution in [0.2, 0.25) is 0 Å². The number of rotatable bonds is 9. The van der Waals surface area contributed by atoms with E-state index in [1.165, 1.54) is 13.3 Å². The van der Waals surface area contributed by atoms with Crippen molar-refractivity contribution in [3.63, 3.8) is 0 Å². The largest absolute Gasteiger partial charge is 0.497 e. The van der Waals surface area contributed by atoms with Gasteiger partial charge in [0.05, 0.1) is 33.1 Å². The predicted octanol–water partition coefficient (Wildman–Crippen LogP) is 4.82. The van der Waals surface area contributed by atoms with E-state index in [-0.39, 0.29) is 0 Å². The minimum absolute atomic E-state index is 0.347. The Morgan fingerprint density at radius 3 is 2.34 bits per heavy atom. The number of benzene rings is 3. The van der Waals surface area contributed by atoms with Gasteiger partial charge in [0, 0.05) is 10.5 Å². The van der Waals surface area contributed by atoms with Gasteiger partial charge >= 0.3 is 0 Å². The molecule has 166 valence electrons. The van der Waals surface area contributed by atoms with Crippen molar-refractivity contribution >= 4 is 28.1 Å². The summed E-state index contributed by atoms with van der Waals surface area (Å²) < 4.78 is 22.7. The highest BCUT2D eigenvalue weighted by Gasteiger charge is 2.12. The van der Waals surface area contributed by atoms with Gasteiger partial charge in [0.25, 0.3) is 5.91 Å². The summed E-state index contributed by atoms with van der Waals surface area (Å²) in [7, 11) is 4.60. The lowest BCUT2D eigenvalue weighted by atomic mass is 10.2. The lowest BCUT2D eigenvalue weighted by Crippen LogP contribution is -2.18. The summed E-state index contributed by atoms with van der Waals surface area (Å²) in [6, 6.07) is 18.2. The molecular weight excluding hydrogens is 476 g/mol. The van der Waals surface area contributed by atoms with Crippen molar-refractivity contribution in [3.05, 3.63) is 81.8 Å². The average Bonchev–Trinajstić information content (AvgIpc) is 2.83. The van der Waals surface area contributed by atoms with Crippen LogP contribution < -0.4 is 24.4 Å². The number of carbonyl (C=O) groups excluding carboxylic acids is 1. The van der Waals surface area contributed by atoms with E-state index in [4.69, 9.17) is 18.9 Å². The molecule has 7 nitrogen and oxygen atoms in total. The van der Waals surface area contributed by atoms with Crippen molar-refractivity contribution in [2.45, 2.75) is 6.61 Å². The SMILES string of the molecule is COc1ccc(C(=O)N/N=C\c2ccc(OCc3ccc(Br)cc3)c(OC)c2)c(OC)c1. The molecule has 3 aromatic carbocycles. The molecule has 0 saturated carbocycles. The first-order chi connectivity index (χ1) is 15.5. The van der Waals surface area contributed by atoms with Crippen molar-refractivity contribution in [1.29, 1.82) is 0 Å². The summed E-state index contributed by atoms with van der Waals surface area (Å²) in [4.78, 5) is 12.4. The van der Waals surface area contributed by atoms with E-state index in [2.05, 4.69) is 26.5 Å². The van der Waals surface area contributed by atoms with Gasteiger partial charge in [0.2, 0.25) is 0 Å².